The predicted molar refractivity (Wildman–Crippen MR) is 78.8 cm³/mol. The fourth-order valence-electron chi connectivity index (χ4n) is 1.89. The molecule has 0 aliphatic heterocycles. The molecule has 2 N–H and O–H groups in total. The quantitative estimate of drug-likeness (QED) is 0.847. The lowest BCUT2D eigenvalue weighted by atomic mass is 9.94. The van der Waals surface area contributed by atoms with E-state index in [0.717, 1.165) is 11.0 Å². The molecule has 112 valence electrons. The van der Waals surface area contributed by atoms with Gasteiger partial charge in [0.25, 0.3) is 0 Å². The number of hydrogen-bond donors (Lipinski definition) is 2. The van der Waals surface area contributed by atoms with E-state index >= 15 is 0 Å². The van der Waals surface area contributed by atoms with Crippen LogP contribution in [0.2, 0.25) is 0 Å². The van der Waals surface area contributed by atoms with Gasteiger partial charge in [-0.1, -0.05) is 12.1 Å². The third-order valence-electron chi connectivity index (χ3n) is 3.41. The van der Waals surface area contributed by atoms with Crippen LogP contribution in [-0.4, -0.2) is 33.1 Å². The number of rotatable bonds is 6. The largest absolute Gasteiger partial charge is 0.481 e. The van der Waals surface area contributed by atoms with E-state index in [2.05, 4.69) is 10.3 Å². The van der Waals surface area contributed by atoms with Gasteiger partial charge in [-0.05, 0) is 26.0 Å². The Hall–Kier alpha value is -2.37. The molecule has 6 nitrogen and oxygen atoms in total. The number of carboxylic acid groups (broad SMARTS) is 1. The molecule has 2 rings (SSSR count). The lowest BCUT2D eigenvalue weighted by Gasteiger charge is -2.19. The summed E-state index contributed by atoms with van der Waals surface area (Å²) in [7, 11) is 0. The maximum Gasteiger partial charge on any atom is 0.310 e. The average molecular weight is 289 g/mol. The van der Waals surface area contributed by atoms with Gasteiger partial charge in [-0.3, -0.25) is 9.59 Å². The molecule has 21 heavy (non-hydrogen) atoms. The zero-order valence-electron chi connectivity index (χ0n) is 12.2. The van der Waals surface area contributed by atoms with Crippen LogP contribution in [0.15, 0.2) is 30.6 Å². The van der Waals surface area contributed by atoms with Crippen molar-refractivity contribution < 1.29 is 14.7 Å². The minimum atomic E-state index is -0.961. The molecule has 1 amide bonds. The highest BCUT2D eigenvalue weighted by molar-refractivity contribution is 5.79. The molecule has 1 aromatic carbocycles. The standard InChI is InChI=1S/C15H19N3O3/c1-15(2,14(20)21)9-16-13(19)7-8-18-10-17-11-5-3-4-6-12(11)18/h3-6,10H,7-9H2,1-2H3,(H,16,19)(H,20,21). The highest BCUT2D eigenvalue weighted by Gasteiger charge is 2.27. The maximum absolute atomic E-state index is 11.8. The van der Waals surface area contributed by atoms with Crippen LogP contribution in [-0.2, 0) is 16.1 Å². The molecular formula is C15H19N3O3. The lowest BCUT2D eigenvalue weighted by molar-refractivity contribution is -0.146. The summed E-state index contributed by atoms with van der Waals surface area (Å²) >= 11 is 0. The fourth-order valence-corrected chi connectivity index (χ4v) is 1.89. The van der Waals surface area contributed by atoms with Crippen LogP contribution in [0.1, 0.15) is 20.3 Å². The first kappa shape index (κ1) is 15.0. The van der Waals surface area contributed by atoms with Gasteiger partial charge >= 0.3 is 5.97 Å². The van der Waals surface area contributed by atoms with Crippen molar-refractivity contribution in [2.75, 3.05) is 6.54 Å². The van der Waals surface area contributed by atoms with Crippen molar-refractivity contribution in [1.29, 1.82) is 0 Å². The number of aryl methyl sites for hydroxylation is 1. The van der Waals surface area contributed by atoms with Crippen molar-refractivity contribution in [3.63, 3.8) is 0 Å². The number of amides is 1. The molecule has 0 aliphatic carbocycles. The summed E-state index contributed by atoms with van der Waals surface area (Å²) in [6.07, 6.45) is 2.00. The molecule has 0 radical (unpaired) electrons. The predicted octanol–water partition coefficient (Wildman–Crippen LogP) is 1.65. The summed E-state index contributed by atoms with van der Waals surface area (Å²) in [6, 6.07) is 7.71. The highest BCUT2D eigenvalue weighted by atomic mass is 16.4. The van der Waals surface area contributed by atoms with Gasteiger partial charge in [-0.2, -0.15) is 0 Å². The van der Waals surface area contributed by atoms with Gasteiger partial charge in [0, 0.05) is 19.5 Å². The number of carbonyl (C=O) groups excluding carboxylic acids is 1. The molecule has 0 atom stereocenters. The Morgan fingerprint density at radius 1 is 1.33 bits per heavy atom. The second-order valence-corrected chi connectivity index (χ2v) is 5.64. The Bertz CT molecular complexity index is 661. The summed E-state index contributed by atoms with van der Waals surface area (Å²) in [6.45, 7) is 3.80. The first-order chi connectivity index (χ1) is 9.90. The highest BCUT2D eigenvalue weighted by Crippen LogP contribution is 2.14. The number of hydrogen-bond acceptors (Lipinski definition) is 3. The van der Waals surface area contributed by atoms with Crippen LogP contribution in [0, 0.1) is 5.41 Å². The Morgan fingerprint density at radius 3 is 2.76 bits per heavy atom. The molecule has 0 unspecified atom stereocenters. The number of aliphatic carboxylic acids is 1. The minimum absolute atomic E-state index is 0.117. The molecule has 0 fully saturated rings. The van der Waals surface area contributed by atoms with Crippen molar-refractivity contribution in [3.8, 4) is 0 Å². The summed E-state index contributed by atoms with van der Waals surface area (Å²) < 4.78 is 1.91. The van der Waals surface area contributed by atoms with E-state index < -0.39 is 11.4 Å². The van der Waals surface area contributed by atoms with Crippen molar-refractivity contribution in [2.24, 2.45) is 5.41 Å². The van der Waals surface area contributed by atoms with Crippen molar-refractivity contribution in [1.82, 2.24) is 14.9 Å². The van der Waals surface area contributed by atoms with E-state index in [1.165, 1.54) is 0 Å². The molecule has 6 heteroatoms. The van der Waals surface area contributed by atoms with E-state index in [-0.39, 0.29) is 18.9 Å². The van der Waals surface area contributed by atoms with Crippen LogP contribution in [0.4, 0.5) is 0 Å². The molecule has 0 aliphatic rings. The summed E-state index contributed by atoms with van der Waals surface area (Å²) in [4.78, 5) is 27.0. The van der Waals surface area contributed by atoms with Crippen LogP contribution in [0.3, 0.4) is 0 Å². The Labute approximate surface area is 122 Å². The average Bonchev–Trinajstić information content (AvgIpc) is 2.86. The number of aromatic nitrogens is 2. The smallest absolute Gasteiger partial charge is 0.310 e. The van der Waals surface area contributed by atoms with Gasteiger partial charge in [0.2, 0.25) is 5.91 Å². The Kier molecular flexibility index (Phi) is 4.26. The zero-order chi connectivity index (χ0) is 15.5. The normalized spacial score (nSPS) is 11.5. The summed E-state index contributed by atoms with van der Waals surface area (Å²) in [5, 5.41) is 11.7. The topological polar surface area (TPSA) is 84.2 Å². The van der Waals surface area contributed by atoms with Crippen LogP contribution in [0.5, 0.6) is 0 Å². The Morgan fingerprint density at radius 2 is 2.05 bits per heavy atom. The van der Waals surface area contributed by atoms with E-state index in [1.54, 1.807) is 20.2 Å². The second-order valence-electron chi connectivity index (χ2n) is 5.64. The number of carbonyl (C=O) groups is 2. The fraction of sp³-hybridized carbons (Fsp3) is 0.400. The first-order valence-electron chi connectivity index (χ1n) is 6.80. The zero-order valence-corrected chi connectivity index (χ0v) is 12.2. The number of benzene rings is 1. The molecule has 0 saturated carbocycles. The number of imidazole rings is 1. The number of nitrogens with one attached hydrogen (secondary N) is 1. The van der Waals surface area contributed by atoms with Crippen LogP contribution < -0.4 is 5.32 Å². The SMILES string of the molecule is CC(C)(CNC(=O)CCn1cnc2ccccc21)C(=O)O. The van der Waals surface area contributed by atoms with Gasteiger partial charge < -0.3 is 15.0 Å². The first-order valence-corrected chi connectivity index (χ1v) is 6.80. The van der Waals surface area contributed by atoms with E-state index in [9.17, 15) is 9.59 Å². The second kappa shape index (κ2) is 5.95. The van der Waals surface area contributed by atoms with E-state index in [0.29, 0.717) is 6.54 Å². The van der Waals surface area contributed by atoms with Crippen LogP contribution >= 0.6 is 0 Å². The summed E-state index contributed by atoms with van der Waals surface area (Å²) in [5.41, 5.74) is 0.915. The van der Waals surface area contributed by atoms with Crippen LogP contribution in [0.25, 0.3) is 11.0 Å². The van der Waals surface area contributed by atoms with Gasteiger partial charge in [-0.25, -0.2) is 4.98 Å². The summed E-state index contributed by atoms with van der Waals surface area (Å²) in [5.74, 6) is -1.09. The van der Waals surface area contributed by atoms with E-state index in [4.69, 9.17) is 5.11 Å². The molecule has 0 bridgehead atoms. The molecule has 0 saturated heterocycles. The lowest BCUT2D eigenvalue weighted by Crippen LogP contribution is -2.39. The minimum Gasteiger partial charge on any atom is -0.481 e. The number of nitrogens with zero attached hydrogens (tertiary/aromatic N) is 2. The van der Waals surface area contributed by atoms with Crippen molar-refractivity contribution in [2.45, 2.75) is 26.8 Å². The maximum atomic E-state index is 11.8. The number of fused-ring (bicyclic) bond motifs is 1. The third kappa shape index (κ3) is 3.59. The van der Waals surface area contributed by atoms with Gasteiger partial charge in [-0.15, -0.1) is 0 Å². The molecule has 1 heterocycles. The number of carboxylic acids is 1. The van der Waals surface area contributed by atoms with E-state index in [1.807, 2.05) is 28.8 Å². The number of para-hydroxylation sites is 2. The molecule has 0 spiro atoms. The van der Waals surface area contributed by atoms with Crippen molar-refractivity contribution in [3.05, 3.63) is 30.6 Å². The molecular weight excluding hydrogens is 270 g/mol. The van der Waals surface area contributed by atoms with Crippen molar-refractivity contribution >= 4 is 22.9 Å². The van der Waals surface area contributed by atoms with Gasteiger partial charge in [0.1, 0.15) is 0 Å². The molecule has 2 aromatic rings. The Balaban J connectivity index is 1.88. The molecule has 1 aromatic heterocycles. The van der Waals surface area contributed by atoms with Gasteiger partial charge in [0.15, 0.2) is 0 Å². The third-order valence-corrected chi connectivity index (χ3v) is 3.41. The monoisotopic (exact) mass is 289 g/mol. The van der Waals surface area contributed by atoms with Gasteiger partial charge in [0.05, 0.1) is 22.8 Å².